The van der Waals surface area contributed by atoms with E-state index in [9.17, 15) is 4.79 Å². The van der Waals surface area contributed by atoms with Crippen LogP contribution in [-0.2, 0) is 11.2 Å². The molecule has 2 aliphatic rings. The maximum atomic E-state index is 12.8. The van der Waals surface area contributed by atoms with Crippen LogP contribution in [-0.4, -0.2) is 52.4 Å². The molecular formula is C20H27N3O2. The Hall–Kier alpha value is -1.88. The van der Waals surface area contributed by atoms with Crippen molar-refractivity contribution in [3.05, 3.63) is 30.2 Å². The Kier molecular flexibility index (Phi) is 4.75. The zero-order valence-corrected chi connectivity index (χ0v) is 15.0. The molecule has 1 aromatic carbocycles. The largest absolute Gasteiger partial charge is 0.441 e. The molecule has 5 heteroatoms. The Balaban J connectivity index is 1.39. The molecule has 1 aromatic heterocycles. The van der Waals surface area contributed by atoms with Crippen molar-refractivity contribution in [2.24, 2.45) is 0 Å². The number of rotatable bonds is 5. The van der Waals surface area contributed by atoms with Crippen molar-refractivity contribution in [1.29, 1.82) is 0 Å². The van der Waals surface area contributed by atoms with Crippen molar-refractivity contribution in [2.45, 2.75) is 57.5 Å². The number of carbonyl (C=O) groups is 1. The molecule has 4 rings (SSSR count). The highest BCUT2D eigenvalue weighted by Gasteiger charge is 2.38. The first-order valence-corrected chi connectivity index (χ1v) is 9.64. The van der Waals surface area contributed by atoms with E-state index >= 15 is 0 Å². The minimum Gasteiger partial charge on any atom is -0.441 e. The van der Waals surface area contributed by atoms with Crippen LogP contribution in [0.1, 0.15) is 44.9 Å². The number of aromatic nitrogens is 1. The zero-order chi connectivity index (χ0) is 17.2. The third kappa shape index (κ3) is 3.30. The molecule has 134 valence electrons. The molecule has 0 saturated carbocycles. The Labute approximate surface area is 149 Å². The van der Waals surface area contributed by atoms with Crippen LogP contribution in [0.4, 0.5) is 0 Å². The number of likely N-dealkylation sites (tertiary alicyclic amines) is 2. The lowest BCUT2D eigenvalue weighted by Crippen LogP contribution is -2.48. The fourth-order valence-corrected chi connectivity index (χ4v) is 4.57. The van der Waals surface area contributed by atoms with Crippen molar-refractivity contribution < 1.29 is 9.21 Å². The Morgan fingerprint density at radius 3 is 2.84 bits per heavy atom. The average molecular weight is 341 g/mol. The summed E-state index contributed by atoms with van der Waals surface area (Å²) in [4.78, 5) is 22.0. The van der Waals surface area contributed by atoms with Crippen LogP contribution < -0.4 is 0 Å². The van der Waals surface area contributed by atoms with Crippen LogP contribution in [0.3, 0.4) is 0 Å². The number of amides is 1. The highest BCUT2D eigenvalue weighted by atomic mass is 16.3. The topological polar surface area (TPSA) is 49.6 Å². The summed E-state index contributed by atoms with van der Waals surface area (Å²) in [6.45, 7) is 5.41. The van der Waals surface area contributed by atoms with Gasteiger partial charge in [-0.15, -0.1) is 0 Å². The molecule has 5 nitrogen and oxygen atoms in total. The minimum absolute atomic E-state index is 0.257. The summed E-state index contributed by atoms with van der Waals surface area (Å²) in [5.41, 5.74) is 1.67. The van der Waals surface area contributed by atoms with E-state index < -0.39 is 0 Å². The van der Waals surface area contributed by atoms with Gasteiger partial charge in [0.1, 0.15) is 5.52 Å². The van der Waals surface area contributed by atoms with Gasteiger partial charge in [-0.2, -0.15) is 0 Å². The standard InChI is InChI=1S/C20H27N3O2/c1-2-22-13-5-8-16(22)17-9-6-14-23(17)20(24)12-11-19-21-15-7-3-4-10-18(15)25-19/h3-4,7,10,16-17H,2,5-6,8-9,11-14H2,1H3. The summed E-state index contributed by atoms with van der Waals surface area (Å²) in [6.07, 6.45) is 5.84. The fourth-order valence-electron chi connectivity index (χ4n) is 4.57. The second kappa shape index (κ2) is 7.16. The first-order chi connectivity index (χ1) is 12.3. The molecule has 2 fully saturated rings. The zero-order valence-electron chi connectivity index (χ0n) is 15.0. The van der Waals surface area contributed by atoms with Crippen LogP contribution >= 0.6 is 0 Å². The van der Waals surface area contributed by atoms with Crippen LogP contribution in [0.2, 0.25) is 0 Å². The quantitative estimate of drug-likeness (QED) is 0.838. The summed E-state index contributed by atoms with van der Waals surface area (Å²) in [5, 5.41) is 0. The van der Waals surface area contributed by atoms with E-state index in [1.807, 2.05) is 24.3 Å². The predicted molar refractivity (Wildman–Crippen MR) is 97.3 cm³/mol. The SMILES string of the molecule is CCN1CCCC1C1CCCN1C(=O)CCc1nc2ccccc2o1. The molecule has 25 heavy (non-hydrogen) atoms. The molecule has 2 aliphatic heterocycles. The van der Waals surface area contributed by atoms with Gasteiger partial charge in [-0.3, -0.25) is 9.69 Å². The number of carbonyl (C=O) groups excluding carboxylic acids is 1. The van der Waals surface area contributed by atoms with E-state index in [0.29, 0.717) is 30.8 Å². The smallest absolute Gasteiger partial charge is 0.223 e. The van der Waals surface area contributed by atoms with Gasteiger partial charge in [-0.1, -0.05) is 19.1 Å². The van der Waals surface area contributed by atoms with Gasteiger partial charge in [0, 0.05) is 31.5 Å². The molecule has 2 unspecified atom stereocenters. The Bertz CT molecular complexity index is 708. The summed E-state index contributed by atoms with van der Waals surface area (Å²) in [7, 11) is 0. The lowest BCUT2D eigenvalue weighted by molar-refractivity contribution is -0.133. The molecule has 3 heterocycles. The second-order valence-electron chi connectivity index (χ2n) is 7.21. The maximum Gasteiger partial charge on any atom is 0.223 e. The van der Waals surface area contributed by atoms with Crippen molar-refractivity contribution >= 4 is 17.0 Å². The van der Waals surface area contributed by atoms with Crippen LogP contribution in [0.25, 0.3) is 11.1 Å². The highest BCUT2D eigenvalue weighted by molar-refractivity contribution is 5.77. The first-order valence-electron chi connectivity index (χ1n) is 9.64. The van der Waals surface area contributed by atoms with E-state index in [2.05, 4.69) is 21.7 Å². The van der Waals surface area contributed by atoms with Gasteiger partial charge in [0.15, 0.2) is 11.5 Å². The summed E-state index contributed by atoms with van der Waals surface area (Å²) in [5.74, 6) is 0.925. The Morgan fingerprint density at radius 2 is 2.00 bits per heavy atom. The van der Waals surface area contributed by atoms with E-state index in [-0.39, 0.29) is 5.91 Å². The maximum absolute atomic E-state index is 12.8. The third-order valence-corrected chi connectivity index (χ3v) is 5.78. The van der Waals surface area contributed by atoms with Gasteiger partial charge >= 0.3 is 0 Å². The Morgan fingerprint density at radius 1 is 1.20 bits per heavy atom. The van der Waals surface area contributed by atoms with Crippen molar-refractivity contribution in [3.8, 4) is 0 Å². The fraction of sp³-hybridized carbons (Fsp3) is 0.600. The molecule has 2 aromatic rings. The first kappa shape index (κ1) is 16.6. The van der Waals surface area contributed by atoms with Crippen LogP contribution in [0.15, 0.2) is 28.7 Å². The highest BCUT2D eigenvalue weighted by Crippen LogP contribution is 2.30. The summed E-state index contributed by atoms with van der Waals surface area (Å²) in [6, 6.07) is 8.72. The van der Waals surface area contributed by atoms with Gasteiger partial charge in [0.25, 0.3) is 0 Å². The molecule has 1 amide bonds. The summed E-state index contributed by atoms with van der Waals surface area (Å²) < 4.78 is 5.75. The van der Waals surface area contributed by atoms with E-state index in [1.165, 1.54) is 19.4 Å². The van der Waals surface area contributed by atoms with Crippen LogP contribution in [0, 0.1) is 0 Å². The van der Waals surface area contributed by atoms with E-state index in [0.717, 1.165) is 37.0 Å². The van der Waals surface area contributed by atoms with Crippen molar-refractivity contribution in [1.82, 2.24) is 14.8 Å². The van der Waals surface area contributed by atoms with Gasteiger partial charge in [0.2, 0.25) is 5.91 Å². The molecule has 2 atom stereocenters. The van der Waals surface area contributed by atoms with E-state index in [4.69, 9.17) is 4.42 Å². The number of para-hydroxylation sites is 2. The predicted octanol–water partition coefficient (Wildman–Crippen LogP) is 3.24. The lowest BCUT2D eigenvalue weighted by atomic mass is 10.0. The number of fused-ring (bicyclic) bond motifs is 1. The monoisotopic (exact) mass is 341 g/mol. The molecule has 0 radical (unpaired) electrons. The lowest BCUT2D eigenvalue weighted by Gasteiger charge is -2.34. The molecule has 0 N–H and O–H groups in total. The number of likely N-dealkylation sites (N-methyl/N-ethyl adjacent to an activating group) is 1. The average Bonchev–Trinajstić information content (AvgIpc) is 3.36. The van der Waals surface area contributed by atoms with Crippen LogP contribution in [0.5, 0.6) is 0 Å². The summed E-state index contributed by atoms with van der Waals surface area (Å²) >= 11 is 0. The molecular weight excluding hydrogens is 314 g/mol. The van der Waals surface area contributed by atoms with Gasteiger partial charge in [0.05, 0.1) is 0 Å². The third-order valence-electron chi connectivity index (χ3n) is 5.78. The second-order valence-corrected chi connectivity index (χ2v) is 7.21. The van der Waals surface area contributed by atoms with Gasteiger partial charge in [-0.05, 0) is 50.9 Å². The van der Waals surface area contributed by atoms with Gasteiger partial charge in [-0.25, -0.2) is 4.98 Å². The number of nitrogens with zero attached hydrogens (tertiary/aromatic N) is 3. The number of benzene rings is 1. The van der Waals surface area contributed by atoms with Crippen molar-refractivity contribution in [3.63, 3.8) is 0 Å². The minimum atomic E-state index is 0.257. The molecule has 2 saturated heterocycles. The number of oxazole rings is 1. The molecule has 0 bridgehead atoms. The van der Waals surface area contributed by atoms with Crippen molar-refractivity contribution in [2.75, 3.05) is 19.6 Å². The van der Waals surface area contributed by atoms with E-state index in [1.54, 1.807) is 0 Å². The normalized spacial score (nSPS) is 24.4. The molecule has 0 spiro atoms. The molecule has 0 aliphatic carbocycles. The number of hydrogen-bond donors (Lipinski definition) is 0. The number of hydrogen-bond acceptors (Lipinski definition) is 4. The van der Waals surface area contributed by atoms with Gasteiger partial charge < -0.3 is 9.32 Å². The number of aryl methyl sites for hydroxylation is 1.